The molecule has 3 aromatic heterocycles. The third-order valence-electron chi connectivity index (χ3n) is 6.17. The van der Waals surface area contributed by atoms with Gasteiger partial charge in [-0.15, -0.1) is 5.10 Å². The maximum absolute atomic E-state index is 13.5. The van der Waals surface area contributed by atoms with E-state index >= 15 is 0 Å². The number of amides is 2. The van der Waals surface area contributed by atoms with Gasteiger partial charge < -0.3 is 25.4 Å². The molecule has 0 aliphatic carbocycles. The van der Waals surface area contributed by atoms with Gasteiger partial charge >= 0.3 is 0 Å². The highest BCUT2D eigenvalue weighted by atomic mass is 16.5. The minimum atomic E-state index is -2.24. The zero-order valence-electron chi connectivity index (χ0n) is 18.9. The van der Waals surface area contributed by atoms with Crippen molar-refractivity contribution < 1.29 is 24.0 Å². The van der Waals surface area contributed by atoms with Crippen molar-refractivity contribution in [3.8, 4) is 5.69 Å². The number of nitrogens with zero attached hydrogens (tertiary/aromatic N) is 6. The smallest absolute Gasteiger partial charge is 0.263 e. The van der Waals surface area contributed by atoms with E-state index in [1.807, 2.05) is 0 Å². The largest absolute Gasteiger partial charge is 0.380 e. The Kier molecular flexibility index (Phi) is 5.22. The second kappa shape index (κ2) is 8.14. The number of anilines is 3. The fourth-order valence-corrected chi connectivity index (χ4v) is 3.85. The van der Waals surface area contributed by atoms with Gasteiger partial charge in [0.1, 0.15) is 0 Å². The maximum Gasteiger partial charge on any atom is 0.263 e. The average molecular weight is 478 g/mol. The van der Waals surface area contributed by atoms with E-state index < -0.39 is 23.0 Å². The van der Waals surface area contributed by atoms with Crippen molar-refractivity contribution >= 4 is 40.1 Å². The molecule has 0 spiro atoms. The van der Waals surface area contributed by atoms with Gasteiger partial charge in [0.2, 0.25) is 0 Å². The van der Waals surface area contributed by atoms with Crippen LogP contribution >= 0.6 is 0 Å². The van der Waals surface area contributed by atoms with E-state index in [4.69, 9.17) is 15.0 Å². The summed E-state index contributed by atoms with van der Waals surface area (Å²) in [5, 5.41) is 30.1. The van der Waals surface area contributed by atoms with E-state index in [9.17, 15) is 14.7 Å². The van der Waals surface area contributed by atoms with Gasteiger partial charge in [-0.1, -0.05) is 5.16 Å². The first-order valence-corrected chi connectivity index (χ1v) is 10.7. The summed E-state index contributed by atoms with van der Waals surface area (Å²) in [5.41, 5.74) is 2.94. The number of nitrogens with two attached hydrogens (primary N) is 1. The van der Waals surface area contributed by atoms with Crippen LogP contribution in [0.25, 0.3) is 16.7 Å². The first kappa shape index (κ1) is 22.4. The standard InChI is InChI=1S/C22H22N8O5/c1-21(33,19(31)26-13-3-4-15-16(11-13)35-28-18(15)23)22(2)20(32)29(9-10-34-22)17-6-8-30(27-17)14-5-7-24-25-12-14/h3-8,11-12,33H,9-10H2,1-2H3,(H2,23,28)(H,26,31)/t21-,22-/m1/s1. The molecule has 0 radical (unpaired) electrons. The fourth-order valence-electron chi connectivity index (χ4n) is 3.85. The summed E-state index contributed by atoms with van der Waals surface area (Å²) < 4.78 is 12.4. The fraction of sp³-hybridized carbons (Fsp3) is 0.273. The molecular weight excluding hydrogens is 456 g/mol. The summed E-state index contributed by atoms with van der Waals surface area (Å²) in [4.78, 5) is 28.0. The second-order valence-corrected chi connectivity index (χ2v) is 8.36. The molecule has 1 aromatic carbocycles. The number of aliphatic hydroxyl groups is 1. The first-order chi connectivity index (χ1) is 16.7. The molecule has 2 amide bonds. The summed E-state index contributed by atoms with van der Waals surface area (Å²) >= 11 is 0. The molecule has 1 fully saturated rings. The number of carbonyl (C=O) groups is 2. The molecule has 4 N–H and O–H groups in total. The predicted molar refractivity (Wildman–Crippen MR) is 124 cm³/mol. The van der Waals surface area contributed by atoms with Crippen LogP contribution in [0.15, 0.2) is 53.4 Å². The summed E-state index contributed by atoms with van der Waals surface area (Å²) in [6.45, 7) is 2.89. The van der Waals surface area contributed by atoms with Gasteiger partial charge in [0.15, 0.2) is 28.4 Å². The van der Waals surface area contributed by atoms with Crippen LogP contribution in [0.2, 0.25) is 0 Å². The second-order valence-electron chi connectivity index (χ2n) is 8.36. The molecule has 0 bridgehead atoms. The highest BCUT2D eigenvalue weighted by Crippen LogP contribution is 2.34. The lowest BCUT2D eigenvalue weighted by Gasteiger charge is -2.45. The molecule has 0 unspecified atom stereocenters. The number of ether oxygens (including phenoxy) is 1. The van der Waals surface area contributed by atoms with E-state index in [0.29, 0.717) is 28.2 Å². The Morgan fingerprint density at radius 2 is 2.11 bits per heavy atom. The molecule has 5 rings (SSSR count). The van der Waals surface area contributed by atoms with Crippen LogP contribution in [0.1, 0.15) is 13.8 Å². The van der Waals surface area contributed by atoms with Gasteiger partial charge in [0.25, 0.3) is 11.8 Å². The van der Waals surface area contributed by atoms with Crippen LogP contribution < -0.4 is 16.0 Å². The zero-order valence-corrected chi connectivity index (χ0v) is 18.9. The van der Waals surface area contributed by atoms with E-state index in [2.05, 4.69) is 25.8 Å². The number of morpholine rings is 1. The topological polar surface area (TPSA) is 175 Å². The number of fused-ring (bicyclic) bond motifs is 1. The normalized spacial score (nSPS) is 20.1. The minimum Gasteiger partial charge on any atom is -0.380 e. The number of rotatable bonds is 5. The number of benzene rings is 1. The van der Waals surface area contributed by atoms with Gasteiger partial charge in [0, 0.05) is 24.0 Å². The molecule has 180 valence electrons. The number of nitrogen functional groups attached to an aromatic ring is 1. The molecule has 0 saturated carbocycles. The van der Waals surface area contributed by atoms with Crippen molar-refractivity contribution in [1.82, 2.24) is 25.1 Å². The number of nitrogens with one attached hydrogen (secondary N) is 1. The molecule has 1 aliphatic heterocycles. The van der Waals surface area contributed by atoms with Gasteiger partial charge in [-0.05, 0) is 32.0 Å². The zero-order chi connectivity index (χ0) is 24.8. The Hall–Kier alpha value is -4.36. The average Bonchev–Trinajstić information content (AvgIpc) is 3.48. The number of hydrogen-bond acceptors (Lipinski definition) is 10. The van der Waals surface area contributed by atoms with Crippen molar-refractivity contribution in [2.45, 2.75) is 25.0 Å². The Bertz CT molecular complexity index is 1420. The number of hydrogen-bond donors (Lipinski definition) is 3. The van der Waals surface area contributed by atoms with Crippen LogP contribution in [0.3, 0.4) is 0 Å². The molecule has 4 heterocycles. The van der Waals surface area contributed by atoms with E-state index in [0.717, 1.165) is 0 Å². The van der Waals surface area contributed by atoms with Crippen LogP contribution in [0, 0.1) is 0 Å². The quantitative estimate of drug-likeness (QED) is 0.374. The third-order valence-corrected chi connectivity index (χ3v) is 6.17. The van der Waals surface area contributed by atoms with Crippen molar-refractivity contribution in [1.29, 1.82) is 0 Å². The minimum absolute atomic E-state index is 0.0820. The van der Waals surface area contributed by atoms with E-state index in [1.165, 1.54) is 37.2 Å². The summed E-state index contributed by atoms with van der Waals surface area (Å²) in [6.07, 6.45) is 4.73. The molecule has 1 aliphatic rings. The first-order valence-electron chi connectivity index (χ1n) is 10.7. The van der Waals surface area contributed by atoms with E-state index in [-0.39, 0.29) is 19.0 Å². The van der Waals surface area contributed by atoms with Crippen molar-refractivity contribution in [3.63, 3.8) is 0 Å². The lowest BCUT2D eigenvalue weighted by Crippen LogP contribution is -2.69. The molecular formula is C22H22N8O5. The summed E-state index contributed by atoms with van der Waals surface area (Å²) in [7, 11) is 0. The van der Waals surface area contributed by atoms with Crippen molar-refractivity contribution in [2.24, 2.45) is 0 Å². The van der Waals surface area contributed by atoms with Crippen LogP contribution in [0.5, 0.6) is 0 Å². The third kappa shape index (κ3) is 3.66. The monoisotopic (exact) mass is 478 g/mol. The van der Waals surface area contributed by atoms with Crippen LogP contribution in [0.4, 0.5) is 17.3 Å². The summed E-state index contributed by atoms with van der Waals surface area (Å²) in [5.74, 6) is -0.886. The van der Waals surface area contributed by atoms with Crippen molar-refractivity contribution in [3.05, 3.63) is 48.9 Å². The SMILES string of the molecule is C[C@@](O)(C(=O)Nc1ccc2c(N)noc2c1)[C@]1(C)OCCN(c2ccn(-c3ccnnc3)n2)C1=O. The Morgan fingerprint density at radius 3 is 2.89 bits per heavy atom. The van der Waals surface area contributed by atoms with Gasteiger partial charge in [-0.25, -0.2) is 4.68 Å². The Balaban J connectivity index is 1.38. The molecule has 2 atom stereocenters. The maximum atomic E-state index is 13.5. The molecule has 35 heavy (non-hydrogen) atoms. The van der Waals surface area contributed by atoms with Gasteiger partial charge in [0.05, 0.1) is 36.6 Å². The molecule has 1 saturated heterocycles. The van der Waals surface area contributed by atoms with Crippen LogP contribution in [-0.4, -0.2) is 66.4 Å². The van der Waals surface area contributed by atoms with Crippen molar-refractivity contribution in [2.75, 3.05) is 29.1 Å². The van der Waals surface area contributed by atoms with Gasteiger partial charge in [-0.3, -0.25) is 14.5 Å². The Morgan fingerprint density at radius 1 is 1.29 bits per heavy atom. The van der Waals surface area contributed by atoms with Gasteiger partial charge in [-0.2, -0.15) is 10.2 Å². The molecule has 13 heteroatoms. The lowest BCUT2D eigenvalue weighted by atomic mass is 9.82. The molecule has 4 aromatic rings. The van der Waals surface area contributed by atoms with Crippen LogP contribution in [-0.2, 0) is 14.3 Å². The predicted octanol–water partition coefficient (Wildman–Crippen LogP) is 0.897. The number of carbonyl (C=O) groups excluding carboxylic acids is 2. The number of aromatic nitrogens is 5. The molecule has 13 nitrogen and oxygen atoms in total. The highest BCUT2D eigenvalue weighted by Gasteiger charge is 2.58. The summed E-state index contributed by atoms with van der Waals surface area (Å²) in [6, 6.07) is 8.10. The lowest BCUT2D eigenvalue weighted by molar-refractivity contribution is -0.190. The Labute approximate surface area is 198 Å². The van der Waals surface area contributed by atoms with E-state index in [1.54, 1.807) is 35.1 Å². The highest BCUT2D eigenvalue weighted by molar-refractivity contribution is 6.08.